The van der Waals surface area contributed by atoms with Gasteiger partial charge >= 0.3 is 5.76 Å². The van der Waals surface area contributed by atoms with E-state index in [2.05, 4.69) is 19.9 Å². The highest BCUT2D eigenvalue weighted by atomic mass is 16.4. The van der Waals surface area contributed by atoms with Crippen molar-refractivity contribution in [3.8, 4) is 11.5 Å². The van der Waals surface area contributed by atoms with Crippen molar-refractivity contribution in [2.24, 2.45) is 0 Å². The molecule has 0 spiro atoms. The van der Waals surface area contributed by atoms with Gasteiger partial charge in [-0.05, 0) is 24.3 Å². The zero-order valence-electron chi connectivity index (χ0n) is 13.8. The van der Waals surface area contributed by atoms with Gasteiger partial charge in [-0.3, -0.25) is 9.88 Å². The van der Waals surface area contributed by atoms with Crippen LogP contribution in [0.3, 0.4) is 0 Å². The molecule has 3 aromatic rings. The minimum atomic E-state index is -0.421. The summed E-state index contributed by atoms with van der Waals surface area (Å²) in [6.07, 6.45) is 3.61. The van der Waals surface area contributed by atoms with Gasteiger partial charge in [-0.1, -0.05) is 18.2 Å². The van der Waals surface area contributed by atoms with Crippen molar-refractivity contribution in [1.29, 1.82) is 0 Å². The van der Waals surface area contributed by atoms with Crippen LogP contribution in [0, 0.1) is 0 Å². The molecule has 1 aliphatic heterocycles. The minimum Gasteiger partial charge on any atom is -0.388 e. The molecule has 0 atom stereocenters. The van der Waals surface area contributed by atoms with Crippen molar-refractivity contribution >= 4 is 5.69 Å². The molecule has 3 heterocycles. The van der Waals surface area contributed by atoms with Gasteiger partial charge in [0.05, 0.1) is 0 Å². The number of nitrogens with zero attached hydrogens (tertiary/aromatic N) is 5. The second kappa shape index (κ2) is 6.90. The summed E-state index contributed by atoms with van der Waals surface area (Å²) in [6, 6.07) is 13.5. The first-order valence-electron chi connectivity index (χ1n) is 8.30. The maximum atomic E-state index is 12.1. The van der Waals surface area contributed by atoms with Crippen LogP contribution in [0.1, 0.15) is 0 Å². The Kier molecular flexibility index (Phi) is 4.30. The molecule has 0 radical (unpaired) electrons. The van der Waals surface area contributed by atoms with E-state index in [1.165, 1.54) is 10.4 Å². The van der Waals surface area contributed by atoms with Gasteiger partial charge < -0.3 is 9.32 Å². The van der Waals surface area contributed by atoms with E-state index < -0.39 is 5.76 Å². The maximum Gasteiger partial charge on any atom is 0.438 e. The van der Waals surface area contributed by atoms with Crippen LogP contribution in [0.25, 0.3) is 11.5 Å². The SMILES string of the molecule is O=c1oc(-c2ccccc2)nn1CN1CCN(c2ccncc2)CC1. The van der Waals surface area contributed by atoms with E-state index in [0.29, 0.717) is 12.6 Å². The number of rotatable bonds is 4. The van der Waals surface area contributed by atoms with E-state index in [9.17, 15) is 4.79 Å². The average molecular weight is 337 g/mol. The highest BCUT2D eigenvalue weighted by Crippen LogP contribution is 2.16. The van der Waals surface area contributed by atoms with Gasteiger partial charge in [0.25, 0.3) is 0 Å². The third-order valence-electron chi connectivity index (χ3n) is 4.36. The molecule has 1 aliphatic rings. The highest BCUT2D eigenvalue weighted by molar-refractivity contribution is 5.51. The summed E-state index contributed by atoms with van der Waals surface area (Å²) in [4.78, 5) is 20.6. The first kappa shape index (κ1) is 15.6. The van der Waals surface area contributed by atoms with Crippen molar-refractivity contribution in [2.75, 3.05) is 31.1 Å². The Balaban J connectivity index is 1.41. The number of aromatic nitrogens is 3. The fourth-order valence-corrected chi connectivity index (χ4v) is 2.98. The lowest BCUT2D eigenvalue weighted by Crippen LogP contribution is -2.47. The van der Waals surface area contributed by atoms with Gasteiger partial charge in [0.15, 0.2) is 0 Å². The fourth-order valence-electron chi connectivity index (χ4n) is 2.98. The van der Waals surface area contributed by atoms with Gasteiger partial charge in [-0.2, -0.15) is 4.68 Å². The van der Waals surface area contributed by atoms with Crippen molar-refractivity contribution in [2.45, 2.75) is 6.67 Å². The molecule has 1 saturated heterocycles. The first-order chi connectivity index (χ1) is 12.3. The quantitative estimate of drug-likeness (QED) is 0.721. The Labute approximate surface area is 145 Å². The standard InChI is InChI=1S/C18H19N5O2/c24-18-23(20-17(25-18)15-4-2-1-3-5-15)14-21-10-12-22(13-11-21)16-6-8-19-9-7-16/h1-9H,10-14H2. The van der Waals surface area contributed by atoms with Crippen molar-refractivity contribution in [1.82, 2.24) is 19.7 Å². The van der Waals surface area contributed by atoms with Gasteiger partial charge in [0, 0.05) is 49.8 Å². The molecule has 25 heavy (non-hydrogen) atoms. The Morgan fingerprint density at radius 1 is 0.960 bits per heavy atom. The summed E-state index contributed by atoms with van der Waals surface area (Å²) >= 11 is 0. The molecule has 0 amide bonds. The lowest BCUT2D eigenvalue weighted by molar-refractivity contribution is 0.189. The van der Waals surface area contributed by atoms with Crippen molar-refractivity contribution < 1.29 is 4.42 Å². The topological polar surface area (TPSA) is 67.4 Å². The highest BCUT2D eigenvalue weighted by Gasteiger charge is 2.19. The normalized spacial score (nSPS) is 15.4. The first-order valence-corrected chi connectivity index (χ1v) is 8.30. The molecule has 0 saturated carbocycles. The summed E-state index contributed by atoms with van der Waals surface area (Å²) in [5.41, 5.74) is 1.99. The summed E-state index contributed by atoms with van der Waals surface area (Å²) < 4.78 is 6.68. The van der Waals surface area contributed by atoms with Crippen LogP contribution in [0.5, 0.6) is 0 Å². The molecule has 7 nitrogen and oxygen atoms in total. The van der Waals surface area contributed by atoms with Crippen LogP contribution in [0.2, 0.25) is 0 Å². The number of pyridine rings is 1. The van der Waals surface area contributed by atoms with Crippen molar-refractivity contribution in [3.63, 3.8) is 0 Å². The molecule has 1 fully saturated rings. The molecule has 0 N–H and O–H groups in total. The predicted molar refractivity (Wildman–Crippen MR) is 94.2 cm³/mol. The Morgan fingerprint density at radius 3 is 2.40 bits per heavy atom. The third kappa shape index (κ3) is 3.46. The molecule has 7 heteroatoms. The second-order valence-electron chi connectivity index (χ2n) is 5.99. The molecule has 4 rings (SSSR count). The Hall–Kier alpha value is -2.93. The predicted octanol–water partition coefficient (Wildman–Crippen LogP) is 1.68. The number of hydrogen-bond donors (Lipinski definition) is 0. The summed E-state index contributed by atoms with van der Waals surface area (Å²) in [5, 5.41) is 4.33. The number of piperazine rings is 1. The molecule has 2 aromatic heterocycles. The minimum absolute atomic E-state index is 0.362. The fraction of sp³-hybridized carbons (Fsp3) is 0.278. The van der Waals surface area contributed by atoms with E-state index in [0.717, 1.165) is 31.7 Å². The van der Waals surface area contributed by atoms with E-state index in [1.54, 1.807) is 0 Å². The van der Waals surface area contributed by atoms with Crippen molar-refractivity contribution in [3.05, 3.63) is 65.4 Å². The third-order valence-corrected chi connectivity index (χ3v) is 4.36. The zero-order chi connectivity index (χ0) is 17.1. The lowest BCUT2D eigenvalue weighted by atomic mass is 10.2. The largest absolute Gasteiger partial charge is 0.438 e. The van der Waals surface area contributed by atoms with Gasteiger partial charge in [-0.25, -0.2) is 4.79 Å². The van der Waals surface area contributed by atoms with Gasteiger partial charge in [-0.15, -0.1) is 5.10 Å². The Bertz CT molecular complexity index is 867. The lowest BCUT2D eigenvalue weighted by Gasteiger charge is -2.35. The zero-order valence-corrected chi connectivity index (χ0v) is 13.8. The van der Waals surface area contributed by atoms with Crippen LogP contribution in [0.4, 0.5) is 5.69 Å². The van der Waals surface area contributed by atoms with Crippen LogP contribution in [0.15, 0.2) is 64.1 Å². The molecule has 0 bridgehead atoms. The molecular weight excluding hydrogens is 318 g/mol. The number of hydrogen-bond acceptors (Lipinski definition) is 6. The van der Waals surface area contributed by atoms with Gasteiger partial charge in [0.1, 0.15) is 6.67 Å². The molecule has 0 aliphatic carbocycles. The van der Waals surface area contributed by atoms with E-state index in [4.69, 9.17) is 4.42 Å². The average Bonchev–Trinajstić information content (AvgIpc) is 3.04. The smallest absolute Gasteiger partial charge is 0.388 e. The summed E-state index contributed by atoms with van der Waals surface area (Å²) in [6.45, 7) is 3.98. The molecule has 0 unspecified atom stereocenters. The Morgan fingerprint density at radius 2 is 1.68 bits per heavy atom. The second-order valence-corrected chi connectivity index (χ2v) is 5.99. The van der Waals surface area contributed by atoms with Crippen LogP contribution in [-0.4, -0.2) is 45.8 Å². The number of benzene rings is 1. The summed E-state index contributed by atoms with van der Waals surface area (Å²) in [7, 11) is 0. The number of anilines is 1. The van der Waals surface area contributed by atoms with E-state index in [-0.39, 0.29) is 0 Å². The molecular formula is C18H19N5O2. The van der Waals surface area contributed by atoms with Crippen LogP contribution < -0.4 is 10.7 Å². The van der Waals surface area contributed by atoms with Crippen LogP contribution in [-0.2, 0) is 6.67 Å². The summed E-state index contributed by atoms with van der Waals surface area (Å²) in [5.74, 6) is -0.0589. The van der Waals surface area contributed by atoms with Crippen LogP contribution >= 0.6 is 0 Å². The van der Waals surface area contributed by atoms with Gasteiger partial charge in [0.2, 0.25) is 5.89 Å². The molecule has 128 valence electrons. The maximum absolute atomic E-state index is 12.1. The van der Waals surface area contributed by atoms with E-state index >= 15 is 0 Å². The monoisotopic (exact) mass is 337 g/mol. The molecule has 1 aromatic carbocycles. The van der Waals surface area contributed by atoms with E-state index in [1.807, 2.05) is 54.9 Å².